The summed E-state index contributed by atoms with van der Waals surface area (Å²) in [5.41, 5.74) is 6.59. The second-order valence-corrected chi connectivity index (χ2v) is 12.5. The van der Waals surface area contributed by atoms with Gasteiger partial charge in [-0.2, -0.15) is 0 Å². The number of nitrogens with zero attached hydrogens (tertiary/aromatic N) is 5. The average Bonchev–Trinajstić information content (AvgIpc) is 3.40. The van der Waals surface area contributed by atoms with Crippen LogP contribution in [0.4, 0.5) is 0 Å². The zero-order valence-electron chi connectivity index (χ0n) is 17.3. The zero-order valence-corrected chi connectivity index (χ0v) is 21.5. The first kappa shape index (κ1) is 24.0. The Bertz CT molecular complexity index is 1080. The summed E-state index contributed by atoms with van der Waals surface area (Å²) in [6, 6.07) is -0.882. The van der Waals surface area contributed by atoms with Crippen LogP contribution in [0.2, 0.25) is 0 Å². The van der Waals surface area contributed by atoms with E-state index >= 15 is 0 Å². The molecule has 3 aliphatic heterocycles. The summed E-state index contributed by atoms with van der Waals surface area (Å²) in [5, 5.41) is 24.1. The van der Waals surface area contributed by atoms with E-state index in [1.165, 1.54) is 51.8 Å². The number of nitrogens with one attached hydrogen (secondary N) is 1. The zero-order chi connectivity index (χ0) is 23.7. The van der Waals surface area contributed by atoms with Gasteiger partial charge in [-0.15, -0.1) is 10.2 Å². The summed E-state index contributed by atoms with van der Waals surface area (Å²) in [6.07, 6.45) is 1.65. The molecule has 16 heteroatoms. The van der Waals surface area contributed by atoms with E-state index in [-0.39, 0.29) is 26.5 Å². The minimum absolute atomic E-state index is 0.0277. The van der Waals surface area contributed by atoms with Crippen LogP contribution in [0.5, 0.6) is 0 Å². The van der Waals surface area contributed by atoms with Crippen LogP contribution in [0.15, 0.2) is 31.9 Å². The second-order valence-electron chi connectivity index (χ2n) is 6.81. The van der Waals surface area contributed by atoms with Crippen LogP contribution in [0, 0.1) is 6.92 Å². The number of amidine groups is 1. The fourth-order valence-corrected chi connectivity index (χ4v) is 7.99. The monoisotopic (exact) mass is 577 g/mol. The molecule has 0 bridgehead atoms. The molecule has 12 nitrogen and oxygen atoms in total. The van der Waals surface area contributed by atoms with E-state index in [1.54, 1.807) is 6.20 Å². The van der Waals surface area contributed by atoms with Gasteiger partial charge in [-0.25, -0.2) is 0 Å². The second kappa shape index (κ2) is 10.0. The van der Waals surface area contributed by atoms with Gasteiger partial charge in [0.15, 0.2) is 4.34 Å². The van der Waals surface area contributed by atoms with Crippen molar-refractivity contribution in [3.63, 3.8) is 0 Å². The number of carbonyl (C=O) groups is 3. The van der Waals surface area contributed by atoms with Crippen molar-refractivity contribution in [2.24, 2.45) is 10.9 Å². The number of nitrogens with two attached hydrogens (primary N) is 1. The number of carboxylic acids is 1. The predicted octanol–water partition coefficient (Wildman–Crippen LogP) is -0.630. The number of rotatable bonds is 6. The number of thioether (sulfide) groups is 2. The molecule has 4 N–H and O–H groups in total. The number of β-lactam (4-membered cyclic amide) rings is 1. The number of aliphatic carboxylic acids is 1. The van der Waals surface area contributed by atoms with Gasteiger partial charge >= 0.3 is 170 Å². The standard InChI is InChI=1S/C17H19N7O5S3Se/c1-7-20-21-17(32-7)31-6-8-5-30-14-9(13(26)24(14)10(8)15(27)28)19-12(25)11(22-29-2)23-3-4-33-16(23)18/h3-4,9,14,16H,5-6,18H2,1-2H3,(H,19,25)(H,27,28)/b22-11-/t9-,14-,16?/m1/s1. The van der Waals surface area contributed by atoms with Gasteiger partial charge in [0.2, 0.25) is 0 Å². The van der Waals surface area contributed by atoms with Gasteiger partial charge in [0.25, 0.3) is 0 Å². The van der Waals surface area contributed by atoms with E-state index in [4.69, 9.17) is 10.6 Å². The molecule has 1 unspecified atom stereocenters. The van der Waals surface area contributed by atoms with Crippen LogP contribution in [0.1, 0.15) is 5.01 Å². The minimum atomic E-state index is -1.18. The number of hydrogen-bond donors (Lipinski definition) is 3. The fourth-order valence-electron chi connectivity index (χ4n) is 3.30. The van der Waals surface area contributed by atoms with E-state index < -0.39 is 34.3 Å². The summed E-state index contributed by atoms with van der Waals surface area (Å²) < 4.78 is 0.734. The number of hydrogen-bond acceptors (Lipinski definition) is 11. The summed E-state index contributed by atoms with van der Waals surface area (Å²) in [7, 11) is 1.31. The number of aromatic nitrogens is 2. The van der Waals surface area contributed by atoms with Crippen molar-refractivity contribution >= 4 is 73.4 Å². The Morgan fingerprint density at radius 2 is 2.27 bits per heavy atom. The number of carboxylic acid groups (broad SMARTS) is 1. The Labute approximate surface area is 207 Å². The van der Waals surface area contributed by atoms with Crippen molar-refractivity contribution in [3.8, 4) is 0 Å². The summed E-state index contributed by atoms with van der Waals surface area (Å²) in [5.74, 6) is -1.57. The number of amides is 2. The van der Waals surface area contributed by atoms with Crippen LogP contribution < -0.4 is 11.1 Å². The van der Waals surface area contributed by atoms with Gasteiger partial charge in [-0.3, -0.25) is 0 Å². The van der Waals surface area contributed by atoms with Crippen molar-refractivity contribution in [2.45, 2.75) is 27.7 Å². The van der Waals surface area contributed by atoms with Crippen LogP contribution in [-0.2, 0) is 19.2 Å². The van der Waals surface area contributed by atoms with Gasteiger partial charge < -0.3 is 0 Å². The molecule has 4 heterocycles. The van der Waals surface area contributed by atoms with Crippen molar-refractivity contribution in [2.75, 3.05) is 18.6 Å². The van der Waals surface area contributed by atoms with Crippen LogP contribution >= 0.6 is 34.9 Å². The number of carbonyl (C=O) groups excluding carboxylic acids is 2. The molecule has 1 saturated heterocycles. The van der Waals surface area contributed by atoms with E-state index in [9.17, 15) is 19.5 Å². The summed E-state index contributed by atoms with van der Waals surface area (Å²) in [6.45, 7) is 1.84. The van der Waals surface area contributed by atoms with Gasteiger partial charge in [0.05, 0.1) is 0 Å². The van der Waals surface area contributed by atoms with E-state index in [2.05, 4.69) is 20.7 Å². The third-order valence-corrected chi connectivity index (χ3v) is 9.80. The molecule has 1 fully saturated rings. The SMILES string of the molecule is CO/N=C(/C(=O)N[C@@H]1C(=O)N2C(C(=O)O)=C(CSc3nnc(C)s3)CS[C@H]12)N1C=C[Se]C1N. The quantitative estimate of drug-likeness (QED) is 0.0987. The molecule has 3 aliphatic rings. The average molecular weight is 577 g/mol. The van der Waals surface area contributed by atoms with E-state index in [0.29, 0.717) is 17.1 Å². The molecular weight excluding hydrogens is 557 g/mol. The molecule has 3 atom stereocenters. The third kappa shape index (κ3) is 4.76. The van der Waals surface area contributed by atoms with Crippen LogP contribution in [0.3, 0.4) is 0 Å². The Kier molecular flexibility index (Phi) is 7.31. The van der Waals surface area contributed by atoms with Crippen molar-refractivity contribution < 1.29 is 24.3 Å². The third-order valence-electron chi connectivity index (χ3n) is 4.75. The molecule has 2 amide bonds. The van der Waals surface area contributed by atoms with E-state index in [0.717, 1.165) is 9.35 Å². The van der Waals surface area contributed by atoms with Crippen molar-refractivity contribution in [1.82, 2.24) is 25.3 Å². The molecule has 0 aliphatic carbocycles. The summed E-state index contributed by atoms with van der Waals surface area (Å²) >= 11 is 4.18. The molecular formula is C17H19N7O5S3Se. The summed E-state index contributed by atoms with van der Waals surface area (Å²) in [4.78, 5) is 47.1. The first-order valence-corrected chi connectivity index (χ1v) is 14.3. The molecule has 0 radical (unpaired) electrons. The van der Waals surface area contributed by atoms with Gasteiger partial charge in [-0.1, -0.05) is 11.3 Å². The first-order chi connectivity index (χ1) is 15.8. The number of aryl methyl sites for hydroxylation is 1. The van der Waals surface area contributed by atoms with Crippen molar-refractivity contribution in [1.29, 1.82) is 0 Å². The fraction of sp³-hybridized carbons (Fsp3) is 0.412. The topological polar surface area (TPSA) is 163 Å². The Hall–Kier alpha value is -2.10. The molecule has 4 rings (SSSR count). The maximum atomic E-state index is 12.9. The van der Waals surface area contributed by atoms with Gasteiger partial charge in [-0.05, 0) is 6.92 Å². The molecule has 1 aromatic rings. The predicted molar refractivity (Wildman–Crippen MR) is 124 cm³/mol. The molecule has 1 aromatic heterocycles. The molecule has 0 spiro atoms. The molecule has 0 aromatic carbocycles. The molecule has 176 valence electrons. The number of oxime groups is 1. The maximum absolute atomic E-state index is 12.9. The Morgan fingerprint density at radius 1 is 1.48 bits per heavy atom. The Balaban J connectivity index is 1.47. The van der Waals surface area contributed by atoms with Gasteiger partial charge in [0.1, 0.15) is 5.01 Å². The number of fused-ring (bicyclic) bond motifs is 1. The van der Waals surface area contributed by atoms with Gasteiger partial charge in [0, 0.05) is 0 Å². The first-order valence-electron chi connectivity index (χ1n) is 9.42. The Morgan fingerprint density at radius 3 is 2.88 bits per heavy atom. The molecule has 33 heavy (non-hydrogen) atoms. The van der Waals surface area contributed by atoms with E-state index in [1.807, 2.05) is 11.9 Å². The van der Waals surface area contributed by atoms with Crippen molar-refractivity contribution in [3.05, 3.63) is 27.5 Å². The van der Waals surface area contributed by atoms with Crippen LogP contribution in [-0.4, -0.2) is 98.8 Å². The molecule has 0 saturated carbocycles. The normalized spacial score (nSPS) is 24.6. The van der Waals surface area contributed by atoms with Crippen LogP contribution in [0.25, 0.3) is 0 Å².